The standard InChI is InChI=1S/C10H22N2O2/c1-5-6-11-9(14)8(2)12-10(3,4)7-13/h8,12-13H,5-7H2,1-4H3,(H,11,14). The number of rotatable bonds is 6. The summed E-state index contributed by atoms with van der Waals surface area (Å²) in [7, 11) is 0. The molecular weight excluding hydrogens is 180 g/mol. The molecule has 0 aromatic heterocycles. The SMILES string of the molecule is CCCNC(=O)C(C)NC(C)(C)CO. The molecule has 0 saturated heterocycles. The summed E-state index contributed by atoms with van der Waals surface area (Å²) in [6, 6.07) is -0.274. The van der Waals surface area contributed by atoms with Crippen molar-refractivity contribution < 1.29 is 9.90 Å². The molecule has 0 rings (SSSR count). The quantitative estimate of drug-likeness (QED) is 0.579. The van der Waals surface area contributed by atoms with Crippen LogP contribution in [0.1, 0.15) is 34.1 Å². The molecule has 4 nitrogen and oxygen atoms in total. The van der Waals surface area contributed by atoms with Gasteiger partial charge in [-0.3, -0.25) is 10.1 Å². The van der Waals surface area contributed by atoms with E-state index in [1.807, 2.05) is 20.8 Å². The number of amides is 1. The monoisotopic (exact) mass is 202 g/mol. The second-order valence-electron chi connectivity index (χ2n) is 4.20. The Morgan fingerprint density at radius 3 is 2.50 bits per heavy atom. The molecule has 1 unspecified atom stereocenters. The zero-order chi connectivity index (χ0) is 11.2. The molecule has 0 fully saturated rings. The molecule has 14 heavy (non-hydrogen) atoms. The number of aliphatic hydroxyl groups is 1. The third-order valence-electron chi connectivity index (χ3n) is 1.95. The van der Waals surface area contributed by atoms with Crippen LogP contribution in [-0.4, -0.2) is 35.7 Å². The van der Waals surface area contributed by atoms with Gasteiger partial charge in [0, 0.05) is 12.1 Å². The number of carbonyl (C=O) groups is 1. The number of hydrogen-bond donors (Lipinski definition) is 3. The fourth-order valence-electron chi connectivity index (χ4n) is 1.10. The highest BCUT2D eigenvalue weighted by Crippen LogP contribution is 2.01. The van der Waals surface area contributed by atoms with Gasteiger partial charge in [0.15, 0.2) is 0 Å². The van der Waals surface area contributed by atoms with Gasteiger partial charge < -0.3 is 10.4 Å². The lowest BCUT2D eigenvalue weighted by molar-refractivity contribution is -0.123. The van der Waals surface area contributed by atoms with E-state index in [0.29, 0.717) is 6.54 Å². The van der Waals surface area contributed by atoms with Crippen molar-refractivity contribution in [2.24, 2.45) is 0 Å². The molecule has 3 N–H and O–H groups in total. The Balaban J connectivity index is 3.94. The molecule has 0 aromatic rings. The van der Waals surface area contributed by atoms with E-state index in [9.17, 15) is 4.79 Å². The second kappa shape index (κ2) is 5.98. The Hall–Kier alpha value is -0.610. The minimum absolute atomic E-state index is 0.0123. The van der Waals surface area contributed by atoms with E-state index in [0.717, 1.165) is 6.42 Å². The Morgan fingerprint density at radius 1 is 1.50 bits per heavy atom. The van der Waals surface area contributed by atoms with Crippen LogP contribution in [0.25, 0.3) is 0 Å². The first-order valence-electron chi connectivity index (χ1n) is 5.09. The van der Waals surface area contributed by atoms with Crippen molar-refractivity contribution >= 4 is 5.91 Å². The lowest BCUT2D eigenvalue weighted by atomic mass is 10.1. The molecule has 4 heteroatoms. The van der Waals surface area contributed by atoms with Crippen molar-refractivity contribution in [2.45, 2.75) is 45.7 Å². The van der Waals surface area contributed by atoms with Crippen LogP contribution in [0.3, 0.4) is 0 Å². The fraction of sp³-hybridized carbons (Fsp3) is 0.900. The summed E-state index contributed by atoms with van der Waals surface area (Å²) in [5.74, 6) is -0.0200. The number of hydrogen-bond acceptors (Lipinski definition) is 3. The van der Waals surface area contributed by atoms with Crippen LogP contribution in [0.15, 0.2) is 0 Å². The topological polar surface area (TPSA) is 61.4 Å². The van der Waals surface area contributed by atoms with Crippen LogP contribution in [0.2, 0.25) is 0 Å². The highest BCUT2D eigenvalue weighted by molar-refractivity contribution is 5.81. The van der Waals surface area contributed by atoms with Gasteiger partial charge >= 0.3 is 0 Å². The summed E-state index contributed by atoms with van der Waals surface area (Å²) in [4.78, 5) is 11.4. The maximum absolute atomic E-state index is 11.4. The molecule has 0 spiro atoms. The number of carbonyl (C=O) groups excluding carboxylic acids is 1. The minimum atomic E-state index is -0.414. The van der Waals surface area contributed by atoms with E-state index in [1.165, 1.54) is 0 Å². The third kappa shape index (κ3) is 5.19. The fourth-order valence-corrected chi connectivity index (χ4v) is 1.10. The molecular formula is C10H22N2O2. The van der Waals surface area contributed by atoms with Gasteiger partial charge in [0.1, 0.15) is 0 Å². The van der Waals surface area contributed by atoms with Gasteiger partial charge in [0.25, 0.3) is 0 Å². The first-order valence-corrected chi connectivity index (χ1v) is 5.09. The predicted molar refractivity (Wildman–Crippen MR) is 57.1 cm³/mol. The summed E-state index contributed by atoms with van der Waals surface area (Å²) in [5, 5.41) is 14.9. The molecule has 0 aliphatic rings. The van der Waals surface area contributed by atoms with Crippen molar-refractivity contribution in [3.05, 3.63) is 0 Å². The van der Waals surface area contributed by atoms with Gasteiger partial charge in [-0.2, -0.15) is 0 Å². The second-order valence-corrected chi connectivity index (χ2v) is 4.20. The van der Waals surface area contributed by atoms with Crippen molar-refractivity contribution in [1.29, 1.82) is 0 Å². The van der Waals surface area contributed by atoms with Crippen LogP contribution in [0, 0.1) is 0 Å². The van der Waals surface area contributed by atoms with Crippen molar-refractivity contribution in [3.63, 3.8) is 0 Å². The smallest absolute Gasteiger partial charge is 0.236 e. The molecule has 0 aliphatic carbocycles. The molecule has 0 bridgehead atoms. The van der Waals surface area contributed by atoms with Gasteiger partial charge in [-0.25, -0.2) is 0 Å². The van der Waals surface area contributed by atoms with Crippen molar-refractivity contribution in [2.75, 3.05) is 13.2 Å². The van der Waals surface area contributed by atoms with Gasteiger partial charge in [-0.15, -0.1) is 0 Å². The maximum Gasteiger partial charge on any atom is 0.236 e. The highest BCUT2D eigenvalue weighted by atomic mass is 16.3. The highest BCUT2D eigenvalue weighted by Gasteiger charge is 2.22. The van der Waals surface area contributed by atoms with E-state index in [4.69, 9.17) is 5.11 Å². The molecule has 0 heterocycles. The average molecular weight is 202 g/mol. The first-order chi connectivity index (χ1) is 6.43. The summed E-state index contributed by atoms with van der Waals surface area (Å²) in [6.07, 6.45) is 0.932. The van der Waals surface area contributed by atoms with E-state index < -0.39 is 5.54 Å². The Kier molecular flexibility index (Phi) is 5.72. The number of nitrogens with one attached hydrogen (secondary N) is 2. The van der Waals surface area contributed by atoms with E-state index in [-0.39, 0.29) is 18.6 Å². The molecule has 0 radical (unpaired) electrons. The average Bonchev–Trinajstić information content (AvgIpc) is 2.13. The van der Waals surface area contributed by atoms with Crippen molar-refractivity contribution in [3.8, 4) is 0 Å². The van der Waals surface area contributed by atoms with E-state index in [1.54, 1.807) is 6.92 Å². The zero-order valence-electron chi connectivity index (χ0n) is 9.55. The van der Waals surface area contributed by atoms with Crippen LogP contribution in [-0.2, 0) is 4.79 Å². The van der Waals surface area contributed by atoms with Crippen LogP contribution >= 0.6 is 0 Å². The van der Waals surface area contributed by atoms with Crippen LogP contribution in [0.4, 0.5) is 0 Å². The van der Waals surface area contributed by atoms with Gasteiger partial charge in [-0.05, 0) is 27.2 Å². The van der Waals surface area contributed by atoms with E-state index >= 15 is 0 Å². The Labute approximate surface area is 86.1 Å². The summed E-state index contributed by atoms with van der Waals surface area (Å²) in [5.41, 5.74) is -0.414. The molecule has 0 aliphatic heterocycles. The maximum atomic E-state index is 11.4. The summed E-state index contributed by atoms with van der Waals surface area (Å²) < 4.78 is 0. The first kappa shape index (κ1) is 13.4. The third-order valence-corrected chi connectivity index (χ3v) is 1.95. The normalized spacial score (nSPS) is 13.8. The summed E-state index contributed by atoms with van der Waals surface area (Å²) in [6.45, 7) is 8.23. The van der Waals surface area contributed by atoms with Gasteiger partial charge in [0.05, 0.1) is 12.6 Å². The molecule has 1 amide bonds. The van der Waals surface area contributed by atoms with Crippen LogP contribution in [0.5, 0.6) is 0 Å². The molecule has 0 aromatic carbocycles. The molecule has 84 valence electrons. The van der Waals surface area contributed by atoms with Gasteiger partial charge in [-0.1, -0.05) is 6.92 Å². The number of aliphatic hydroxyl groups excluding tert-OH is 1. The minimum Gasteiger partial charge on any atom is -0.394 e. The lowest BCUT2D eigenvalue weighted by Gasteiger charge is -2.27. The van der Waals surface area contributed by atoms with Crippen molar-refractivity contribution in [1.82, 2.24) is 10.6 Å². The summed E-state index contributed by atoms with van der Waals surface area (Å²) >= 11 is 0. The Morgan fingerprint density at radius 2 is 2.07 bits per heavy atom. The lowest BCUT2D eigenvalue weighted by Crippen LogP contribution is -2.53. The molecule has 0 saturated carbocycles. The van der Waals surface area contributed by atoms with Crippen LogP contribution < -0.4 is 10.6 Å². The molecule has 1 atom stereocenters. The Bertz CT molecular complexity index is 181. The largest absolute Gasteiger partial charge is 0.394 e. The van der Waals surface area contributed by atoms with Gasteiger partial charge in [0.2, 0.25) is 5.91 Å². The predicted octanol–water partition coefficient (Wildman–Crippen LogP) is 0.262. The zero-order valence-corrected chi connectivity index (χ0v) is 9.55. The van der Waals surface area contributed by atoms with E-state index in [2.05, 4.69) is 10.6 Å².